The van der Waals surface area contributed by atoms with E-state index in [9.17, 15) is 4.79 Å². The SMILES string of the molecule is CO/C(COC(C)=O)=C1/CC[C@H]2[C@@H]3CC[C@@]45CC6(CC[C@@]4(O5)C3=CC[C@]12C)OCC(C)(C)CO6. The van der Waals surface area contributed by atoms with Crippen LogP contribution in [0.15, 0.2) is 23.0 Å². The van der Waals surface area contributed by atoms with Crippen LogP contribution in [-0.2, 0) is 28.5 Å². The van der Waals surface area contributed by atoms with Crippen LogP contribution in [0.5, 0.6) is 0 Å². The first-order valence-corrected chi connectivity index (χ1v) is 13.2. The van der Waals surface area contributed by atoms with E-state index in [1.54, 1.807) is 12.7 Å². The van der Waals surface area contributed by atoms with Crippen LogP contribution in [-0.4, -0.2) is 49.9 Å². The molecule has 0 radical (unpaired) electrons. The Hall–Kier alpha value is -1.37. The van der Waals surface area contributed by atoms with Crippen LogP contribution < -0.4 is 0 Å². The van der Waals surface area contributed by atoms with Crippen LogP contribution >= 0.6 is 0 Å². The van der Waals surface area contributed by atoms with E-state index in [1.165, 1.54) is 12.5 Å². The van der Waals surface area contributed by atoms with Crippen molar-refractivity contribution in [2.24, 2.45) is 22.7 Å². The number of carbonyl (C=O) groups excluding carboxylic acids is 1. The number of carbonyl (C=O) groups is 1. The smallest absolute Gasteiger partial charge is 0.303 e. The largest absolute Gasteiger partial charge is 0.497 e. The molecule has 6 heteroatoms. The normalized spacial score (nSPS) is 44.7. The third kappa shape index (κ3) is 3.13. The minimum absolute atomic E-state index is 0.0578. The molecule has 6 aliphatic rings. The molecule has 0 amide bonds. The Morgan fingerprint density at radius 1 is 1.12 bits per heavy atom. The van der Waals surface area contributed by atoms with Crippen LogP contribution in [0, 0.1) is 22.7 Å². The Kier molecular flexibility index (Phi) is 4.97. The maximum Gasteiger partial charge on any atom is 0.303 e. The molecule has 188 valence electrons. The molecule has 5 fully saturated rings. The van der Waals surface area contributed by atoms with Crippen molar-refractivity contribution in [2.45, 2.75) is 96.1 Å². The van der Waals surface area contributed by atoms with Gasteiger partial charge in [0.05, 0.1) is 20.3 Å². The van der Waals surface area contributed by atoms with Gasteiger partial charge in [-0.25, -0.2) is 0 Å². The van der Waals surface area contributed by atoms with E-state index in [0.29, 0.717) is 11.8 Å². The molecule has 0 aromatic rings. The Balaban J connectivity index is 1.25. The summed E-state index contributed by atoms with van der Waals surface area (Å²) in [6.45, 7) is 10.0. The van der Waals surface area contributed by atoms with Crippen LogP contribution in [0.25, 0.3) is 0 Å². The van der Waals surface area contributed by atoms with Gasteiger partial charge < -0.3 is 23.7 Å². The zero-order valence-corrected chi connectivity index (χ0v) is 21.5. The molecule has 34 heavy (non-hydrogen) atoms. The van der Waals surface area contributed by atoms with Crippen LogP contribution in [0.4, 0.5) is 0 Å². The predicted octanol–water partition coefficient (Wildman–Crippen LogP) is 5.07. The van der Waals surface area contributed by atoms with Crippen molar-refractivity contribution >= 4 is 5.97 Å². The van der Waals surface area contributed by atoms with E-state index in [1.807, 2.05) is 0 Å². The fraction of sp³-hybridized carbons (Fsp3) is 0.821. The molecule has 2 saturated heterocycles. The third-order valence-electron chi connectivity index (χ3n) is 10.1. The van der Waals surface area contributed by atoms with Gasteiger partial charge in [-0.2, -0.15) is 0 Å². The molecule has 6 nitrogen and oxygen atoms in total. The zero-order valence-electron chi connectivity index (χ0n) is 21.5. The van der Waals surface area contributed by atoms with Gasteiger partial charge in [0.1, 0.15) is 23.6 Å². The van der Waals surface area contributed by atoms with Crippen molar-refractivity contribution in [1.29, 1.82) is 0 Å². The number of esters is 1. The lowest BCUT2D eigenvalue weighted by atomic mass is 9.54. The van der Waals surface area contributed by atoms with Crippen molar-refractivity contribution in [2.75, 3.05) is 26.9 Å². The highest BCUT2D eigenvalue weighted by Crippen LogP contribution is 2.74. The van der Waals surface area contributed by atoms with Crippen molar-refractivity contribution in [1.82, 2.24) is 0 Å². The Labute approximate surface area is 203 Å². The Morgan fingerprint density at radius 3 is 2.59 bits per heavy atom. The molecule has 3 saturated carbocycles. The molecule has 0 unspecified atom stereocenters. The summed E-state index contributed by atoms with van der Waals surface area (Å²) in [5, 5.41) is 0. The van der Waals surface area contributed by atoms with Gasteiger partial charge in [-0.05, 0) is 66.9 Å². The second kappa shape index (κ2) is 7.33. The molecular formula is C28H40O6. The van der Waals surface area contributed by atoms with Gasteiger partial charge in [0.15, 0.2) is 5.79 Å². The molecule has 0 N–H and O–H groups in total. The van der Waals surface area contributed by atoms with Gasteiger partial charge in [-0.3, -0.25) is 4.79 Å². The summed E-state index contributed by atoms with van der Waals surface area (Å²) in [6, 6.07) is 0. The summed E-state index contributed by atoms with van der Waals surface area (Å²) >= 11 is 0. The van der Waals surface area contributed by atoms with Gasteiger partial charge >= 0.3 is 5.97 Å². The second-order valence-corrected chi connectivity index (χ2v) is 12.7. The standard InChI is InChI=1S/C28H40O6/c1-18(29)31-14-23(30-5)22-7-6-20-19-8-11-26-15-27(32-16-24(2,3)17-33-27)12-13-28(26,34-26)21(19)9-10-25(20,22)4/h9,19-20H,6-8,10-17H2,1-5H3/b23-22-/t19-,20-,25-,26+,28+/m0/s1. The number of epoxide rings is 1. The average molecular weight is 473 g/mol. The first kappa shape index (κ1) is 23.1. The van der Waals surface area contributed by atoms with Gasteiger partial charge in [0.2, 0.25) is 0 Å². The molecule has 0 aromatic carbocycles. The minimum Gasteiger partial charge on any atom is -0.497 e. The van der Waals surface area contributed by atoms with Crippen LogP contribution in [0.2, 0.25) is 0 Å². The minimum atomic E-state index is -0.459. The van der Waals surface area contributed by atoms with E-state index in [4.69, 9.17) is 23.7 Å². The average Bonchev–Trinajstić information content (AvgIpc) is 3.36. The summed E-state index contributed by atoms with van der Waals surface area (Å²) < 4.78 is 30.6. The fourth-order valence-electron chi connectivity index (χ4n) is 8.29. The van der Waals surface area contributed by atoms with E-state index < -0.39 is 5.79 Å². The molecule has 5 atom stereocenters. The lowest BCUT2D eigenvalue weighted by Gasteiger charge is -2.52. The van der Waals surface area contributed by atoms with Gasteiger partial charge in [0.25, 0.3) is 0 Å². The topological polar surface area (TPSA) is 66.5 Å². The summed E-state index contributed by atoms with van der Waals surface area (Å²) in [7, 11) is 1.70. The van der Waals surface area contributed by atoms with Gasteiger partial charge in [-0.1, -0.05) is 26.8 Å². The third-order valence-corrected chi connectivity index (χ3v) is 10.1. The van der Waals surface area contributed by atoms with Gasteiger partial charge in [0, 0.05) is 25.2 Å². The Morgan fingerprint density at radius 2 is 1.88 bits per heavy atom. The molecule has 0 aromatic heterocycles. The lowest BCUT2D eigenvalue weighted by Crippen LogP contribution is -2.56. The van der Waals surface area contributed by atoms with Crippen molar-refractivity contribution in [3.05, 3.63) is 23.0 Å². The lowest BCUT2D eigenvalue weighted by molar-refractivity contribution is -0.313. The predicted molar refractivity (Wildman–Crippen MR) is 126 cm³/mol. The summed E-state index contributed by atoms with van der Waals surface area (Å²) in [4.78, 5) is 11.4. The van der Waals surface area contributed by atoms with Crippen molar-refractivity contribution in [3.63, 3.8) is 0 Å². The number of methoxy groups -OCH3 is 1. The highest BCUT2D eigenvalue weighted by atomic mass is 16.7. The van der Waals surface area contributed by atoms with E-state index in [0.717, 1.165) is 70.3 Å². The maximum absolute atomic E-state index is 11.4. The highest BCUT2D eigenvalue weighted by molar-refractivity contribution is 5.66. The quantitative estimate of drug-likeness (QED) is 0.247. The van der Waals surface area contributed by atoms with Crippen molar-refractivity contribution in [3.8, 4) is 0 Å². The molecule has 2 aliphatic heterocycles. The molecule has 4 aliphatic carbocycles. The number of ether oxygens (including phenoxy) is 5. The summed E-state index contributed by atoms with van der Waals surface area (Å²) in [5.41, 5.74) is 2.84. The van der Waals surface area contributed by atoms with E-state index in [2.05, 4.69) is 26.8 Å². The van der Waals surface area contributed by atoms with E-state index >= 15 is 0 Å². The number of fused-ring (bicyclic) bond motifs is 3. The zero-order chi connectivity index (χ0) is 24.0. The maximum atomic E-state index is 11.4. The van der Waals surface area contributed by atoms with Gasteiger partial charge in [-0.15, -0.1) is 0 Å². The number of allylic oxidation sites excluding steroid dienone is 2. The monoisotopic (exact) mass is 472 g/mol. The summed E-state index contributed by atoms with van der Waals surface area (Å²) in [5.74, 6) is 1.26. The fourth-order valence-corrected chi connectivity index (χ4v) is 8.29. The summed E-state index contributed by atoms with van der Waals surface area (Å²) in [6.07, 6.45) is 10.7. The van der Waals surface area contributed by atoms with Crippen LogP contribution in [0.3, 0.4) is 0 Å². The number of hydrogen-bond acceptors (Lipinski definition) is 6. The molecule has 2 heterocycles. The van der Waals surface area contributed by atoms with Crippen LogP contribution in [0.1, 0.15) is 79.1 Å². The first-order valence-electron chi connectivity index (χ1n) is 13.2. The van der Waals surface area contributed by atoms with Crippen molar-refractivity contribution < 1.29 is 28.5 Å². The highest BCUT2D eigenvalue weighted by Gasteiger charge is 2.79. The number of hydrogen-bond donors (Lipinski definition) is 0. The molecular weight excluding hydrogens is 432 g/mol. The molecule has 6 rings (SSSR count). The second-order valence-electron chi connectivity index (χ2n) is 12.7. The number of rotatable bonds is 3. The first-order chi connectivity index (χ1) is 16.1. The molecule has 1 spiro atoms. The Bertz CT molecular complexity index is 954. The molecule has 0 bridgehead atoms. The van der Waals surface area contributed by atoms with E-state index in [-0.39, 0.29) is 34.6 Å².